The van der Waals surface area contributed by atoms with Gasteiger partial charge in [-0.15, -0.1) is 0 Å². The van der Waals surface area contributed by atoms with Crippen LogP contribution in [0.4, 0.5) is 0 Å². The molecule has 1 aromatic heterocycles. The van der Waals surface area contributed by atoms with Crippen LogP contribution in [0.2, 0.25) is 10.2 Å². The first-order valence-corrected chi connectivity index (χ1v) is 7.61. The lowest BCUT2D eigenvalue weighted by Crippen LogP contribution is -2.35. The Morgan fingerprint density at radius 1 is 1.18 bits per heavy atom. The van der Waals surface area contributed by atoms with Crippen LogP contribution in [0.25, 0.3) is 0 Å². The second kappa shape index (κ2) is 6.46. The van der Waals surface area contributed by atoms with Gasteiger partial charge in [-0.05, 0) is 29.8 Å². The van der Waals surface area contributed by atoms with Gasteiger partial charge >= 0.3 is 0 Å². The number of nitrogens with zero attached hydrogens (tertiary/aromatic N) is 3. The van der Waals surface area contributed by atoms with Crippen molar-refractivity contribution in [2.45, 2.75) is 6.42 Å². The summed E-state index contributed by atoms with van der Waals surface area (Å²) in [6.07, 6.45) is 2.15. The third kappa shape index (κ3) is 3.13. The lowest BCUT2D eigenvalue weighted by atomic mass is 10.1. The fourth-order valence-corrected chi connectivity index (χ4v) is 2.67. The van der Waals surface area contributed by atoms with Crippen molar-refractivity contribution in [1.82, 2.24) is 9.88 Å². The van der Waals surface area contributed by atoms with E-state index in [0.717, 1.165) is 11.4 Å². The molecule has 3 rings (SSSR count). The highest BCUT2D eigenvalue weighted by Crippen LogP contribution is 2.18. The molecule has 0 bridgehead atoms. The van der Waals surface area contributed by atoms with E-state index in [-0.39, 0.29) is 11.1 Å². The molecule has 0 unspecified atom stereocenters. The number of pyridine rings is 1. The molecular weight excluding hydrogens is 321 g/mol. The fourth-order valence-electron chi connectivity index (χ4n) is 2.34. The maximum Gasteiger partial charge on any atom is 0.262 e. The Labute approximate surface area is 138 Å². The van der Waals surface area contributed by atoms with E-state index >= 15 is 0 Å². The molecule has 0 aliphatic carbocycles. The number of amides is 1. The molecule has 0 saturated carbocycles. The summed E-state index contributed by atoms with van der Waals surface area (Å²) in [5.41, 5.74) is 1.45. The summed E-state index contributed by atoms with van der Waals surface area (Å²) in [6, 6.07) is 10.9. The molecule has 4 nitrogen and oxygen atoms in total. The highest BCUT2D eigenvalue weighted by atomic mass is 35.5. The number of halogens is 2. The van der Waals surface area contributed by atoms with E-state index in [1.54, 1.807) is 23.2 Å². The Balaban J connectivity index is 1.80. The van der Waals surface area contributed by atoms with Crippen LogP contribution >= 0.6 is 23.2 Å². The largest absolute Gasteiger partial charge is 0.294 e. The first-order chi connectivity index (χ1) is 10.6. The third-order valence-corrected chi connectivity index (χ3v) is 3.99. The molecule has 0 atom stereocenters. The molecule has 2 heterocycles. The van der Waals surface area contributed by atoms with Gasteiger partial charge < -0.3 is 0 Å². The van der Waals surface area contributed by atoms with Crippen molar-refractivity contribution in [3.05, 3.63) is 63.9 Å². The number of amidine groups is 1. The van der Waals surface area contributed by atoms with Gasteiger partial charge in [0.15, 0.2) is 0 Å². The van der Waals surface area contributed by atoms with Crippen LogP contribution in [0.15, 0.2) is 47.6 Å². The molecule has 22 heavy (non-hydrogen) atoms. The van der Waals surface area contributed by atoms with E-state index in [2.05, 4.69) is 9.98 Å². The number of hydrogen-bond acceptors (Lipinski definition) is 3. The number of aromatic nitrogens is 1. The van der Waals surface area contributed by atoms with Crippen LogP contribution < -0.4 is 0 Å². The average molecular weight is 334 g/mol. The standard InChI is InChI=1S/C16H13Cl2N3O/c17-12-5-3-11(4-6-12)10-14-19-8-9-21(14)16(22)13-2-1-7-20-15(13)18/h1-7H,8-10H2. The van der Waals surface area contributed by atoms with Crippen LogP contribution in [0.3, 0.4) is 0 Å². The van der Waals surface area contributed by atoms with Crippen molar-refractivity contribution >= 4 is 34.9 Å². The third-order valence-electron chi connectivity index (χ3n) is 3.44. The van der Waals surface area contributed by atoms with Crippen molar-refractivity contribution in [3.8, 4) is 0 Å². The minimum atomic E-state index is -0.164. The van der Waals surface area contributed by atoms with Gasteiger partial charge in [-0.25, -0.2) is 4.98 Å². The summed E-state index contributed by atoms with van der Waals surface area (Å²) >= 11 is 11.9. The van der Waals surface area contributed by atoms with Crippen LogP contribution in [0.1, 0.15) is 15.9 Å². The average Bonchev–Trinajstić information content (AvgIpc) is 2.97. The number of hydrogen-bond donors (Lipinski definition) is 0. The van der Waals surface area contributed by atoms with Crippen molar-refractivity contribution in [2.24, 2.45) is 4.99 Å². The number of benzene rings is 1. The van der Waals surface area contributed by atoms with Gasteiger partial charge in [0.05, 0.1) is 12.1 Å². The first kappa shape index (κ1) is 15.0. The van der Waals surface area contributed by atoms with Gasteiger partial charge in [-0.2, -0.15) is 0 Å². The van der Waals surface area contributed by atoms with Crippen LogP contribution in [0, 0.1) is 0 Å². The zero-order valence-corrected chi connectivity index (χ0v) is 13.2. The zero-order chi connectivity index (χ0) is 15.5. The maximum absolute atomic E-state index is 12.6. The second-order valence-electron chi connectivity index (χ2n) is 4.90. The predicted octanol–water partition coefficient (Wildman–Crippen LogP) is 3.49. The molecule has 0 saturated heterocycles. The second-order valence-corrected chi connectivity index (χ2v) is 5.69. The smallest absolute Gasteiger partial charge is 0.262 e. The number of aliphatic imine (C=N–C) groups is 1. The van der Waals surface area contributed by atoms with Crippen molar-refractivity contribution in [1.29, 1.82) is 0 Å². The fraction of sp³-hybridized carbons (Fsp3) is 0.188. The zero-order valence-electron chi connectivity index (χ0n) is 11.7. The number of rotatable bonds is 3. The van der Waals surface area contributed by atoms with Gasteiger partial charge in [0.25, 0.3) is 5.91 Å². The quantitative estimate of drug-likeness (QED) is 0.807. The molecule has 2 aromatic rings. The Kier molecular flexibility index (Phi) is 4.41. The van der Waals surface area contributed by atoms with Crippen molar-refractivity contribution in [3.63, 3.8) is 0 Å². The molecule has 0 N–H and O–H groups in total. The molecule has 1 aromatic carbocycles. The molecule has 0 spiro atoms. The summed E-state index contributed by atoms with van der Waals surface area (Å²) in [5.74, 6) is 0.579. The van der Waals surface area contributed by atoms with Crippen LogP contribution in [-0.2, 0) is 6.42 Å². The highest BCUT2D eigenvalue weighted by molar-refractivity contribution is 6.33. The Morgan fingerprint density at radius 3 is 2.68 bits per heavy atom. The molecule has 0 fully saturated rings. The van der Waals surface area contributed by atoms with Crippen LogP contribution in [0.5, 0.6) is 0 Å². The summed E-state index contributed by atoms with van der Waals surface area (Å²) in [7, 11) is 0. The lowest BCUT2D eigenvalue weighted by Gasteiger charge is -2.19. The monoisotopic (exact) mass is 333 g/mol. The lowest BCUT2D eigenvalue weighted by molar-refractivity contribution is 0.0856. The van der Waals surface area contributed by atoms with E-state index in [4.69, 9.17) is 23.2 Å². The van der Waals surface area contributed by atoms with Crippen LogP contribution in [-0.4, -0.2) is 34.7 Å². The van der Waals surface area contributed by atoms with Gasteiger partial charge in [0, 0.05) is 24.2 Å². The van der Waals surface area contributed by atoms with Crippen molar-refractivity contribution < 1.29 is 4.79 Å². The molecule has 1 aliphatic heterocycles. The molecule has 0 radical (unpaired) electrons. The van der Waals surface area contributed by atoms with E-state index in [0.29, 0.717) is 30.1 Å². The van der Waals surface area contributed by atoms with E-state index in [9.17, 15) is 4.79 Å². The van der Waals surface area contributed by atoms with Gasteiger partial charge in [0.2, 0.25) is 0 Å². The highest BCUT2D eigenvalue weighted by Gasteiger charge is 2.26. The number of carbonyl (C=O) groups excluding carboxylic acids is 1. The SMILES string of the molecule is O=C(c1cccnc1Cl)N1CCN=C1Cc1ccc(Cl)cc1. The maximum atomic E-state index is 12.6. The summed E-state index contributed by atoms with van der Waals surface area (Å²) in [5, 5.41) is 0.900. The predicted molar refractivity (Wildman–Crippen MR) is 87.7 cm³/mol. The van der Waals surface area contributed by atoms with Gasteiger partial charge in [-0.1, -0.05) is 35.3 Å². The molecule has 6 heteroatoms. The Morgan fingerprint density at radius 2 is 1.95 bits per heavy atom. The minimum absolute atomic E-state index is 0.164. The molecule has 1 aliphatic rings. The van der Waals surface area contributed by atoms with E-state index in [1.165, 1.54) is 0 Å². The van der Waals surface area contributed by atoms with Gasteiger partial charge in [-0.3, -0.25) is 14.7 Å². The number of carbonyl (C=O) groups is 1. The minimum Gasteiger partial charge on any atom is -0.294 e. The van der Waals surface area contributed by atoms with E-state index < -0.39 is 0 Å². The molecule has 112 valence electrons. The summed E-state index contributed by atoms with van der Waals surface area (Å²) < 4.78 is 0. The molecule has 1 amide bonds. The summed E-state index contributed by atoms with van der Waals surface area (Å²) in [4.78, 5) is 22.7. The van der Waals surface area contributed by atoms with E-state index in [1.807, 2.05) is 24.3 Å². The molecular formula is C16H13Cl2N3O. The van der Waals surface area contributed by atoms with Gasteiger partial charge in [0.1, 0.15) is 11.0 Å². The van der Waals surface area contributed by atoms with Crippen molar-refractivity contribution in [2.75, 3.05) is 13.1 Å². The first-order valence-electron chi connectivity index (χ1n) is 6.85. The Bertz CT molecular complexity index is 728. The summed E-state index contributed by atoms with van der Waals surface area (Å²) in [6.45, 7) is 1.17. The normalized spacial score (nSPS) is 14.1. The topological polar surface area (TPSA) is 45.6 Å². The Hall–Kier alpha value is -1.91.